The Bertz CT molecular complexity index is 1450. The maximum Gasteiger partial charge on any atom is 1.00 e. The third kappa shape index (κ3) is 13.2. The Hall–Kier alpha value is -1.43. The molecule has 4 fully saturated rings. The first-order valence-corrected chi connectivity index (χ1v) is 19.9. The summed E-state index contributed by atoms with van der Waals surface area (Å²) in [6.45, 7) is 2.70. The molecule has 0 spiro atoms. The molecule has 63 heavy (non-hydrogen) atoms. The van der Waals surface area contributed by atoms with Crippen molar-refractivity contribution in [1.82, 2.24) is 5.32 Å². The second-order valence-corrected chi connectivity index (χ2v) is 15.1. The number of carbonyl (C=O) groups excluding carboxylic acids is 1. The van der Waals surface area contributed by atoms with E-state index in [1.165, 1.54) is 6.92 Å². The molecule has 1 amide bonds. The van der Waals surface area contributed by atoms with Crippen LogP contribution >= 0.6 is 0 Å². The van der Waals surface area contributed by atoms with Crippen LogP contribution in [0.1, 0.15) is 47.0 Å². The third-order valence-electron chi connectivity index (χ3n) is 10.5. The number of amides is 1. The molecule has 4 rings (SSSR count). The average Bonchev–Trinajstić information content (AvgIpc) is 3.23. The van der Waals surface area contributed by atoms with Gasteiger partial charge in [-0.3, -0.25) is 9.79 Å². The van der Waals surface area contributed by atoms with Gasteiger partial charge in [-0.15, -0.1) is 0 Å². The molecule has 13 N–H and O–H groups in total. The fourth-order valence-corrected chi connectivity index (χ4v) is 7.20. The van der Waals surface area contributed by atoms with Crippen molar-refractivity contribution in [2.24, 2.45) is 4.99 Å². The van der Waals surface area contributed by atoms with Crippen LogP contribution in [-0.2, 0) is 57.6 Å². The second kappa shape index (κ2) is 25.1. The van der Waals surface area contributed by atoms with Gasteiger partial charge in [0.15, 0.2) is 18.7 Å². The first-order valence-electron chi connectivity index (χ1n) is 19.9. The van der Waals surface area contributed by atoms with Crippen molar-refractivity contribution in [2.45, 2.75) is 175 Å². The molecule has 0 aromatic heterocycles. The smallest absolute Gasteiger partial charge is 0.862 e. The Labute approximate surface area is 382 Å². The first-order chi connectivity index (χ1) is 29.3. The Morgan fingerprint density at radius 3 is 2.06 bits per heavy atom. The zero-order chi connectivity index (χ0) is 46.2. The number of carboxylic acid groups (broad SMARTS) is 1. The van der Waals surface area contributed by atoms with E-state index in [1.807, 2.05) is 0 Å². The molecule has 0 saturated carbocycles. The van der Waals surface area contributed by atoms with E-state index in [-0.39, 0.29) is 42.6 Å². The number of aliphatic hydroxyl groups excluding tert-OH is 11. The normalized spacial score (nSPS) is 42.2. The molecule has 4 saturated heterocycles. The van der Waals surface area contributed by atoms with Gasteiger partial charge >= 0.3 is 41.3 Å². The summed E-state index contributed by atoms with van der Waals surface area (Å²) in [5.74, 6) is -6.61. The van der Waals surface area contributed by atoms with Crippen LogP contribution in [-0.4, -0.2) is 234 Å². The molecular formula is C35H59N2NaO25. The number of aliphatic imine (C=N–C) groups is 1. The SMILES string of the molecule is CCCC(=O)N[C@H]1[C@H](OCC)O[C@H](CO)[C@@H](OO[C@@H]2O[C@H](CO)[C@H](O)[C@H](OO[C@]3(C(=O)O)C[C@H](O)[C@@H](N=C(C)[O-])[C@H]([C@@H](O)[C@H](O)CO)O3)[C@H]2O)[C@@H]1O[C@@H]1O[C@@H](C)[C@@H](O)[C@@H](O)[C@@H]1O.[Na+]. The summed E-state index contributed by atoms with van der Waals surface area (Å²) in [5.41, 5.74) is 0. The molecule has 4 heterocycles. The molecule has 4 aliphatic heterocycles. The molecule has 0 aromatic rings. The molecule has 0 unspecified atom stereocenters. The van der Waals surface area contributed by atoms with Crippen LogP contribution < -0.4 is 40.0 Å². The number of carbonyl (C=O) groups is 2. The Morgan fingerprint density at radius 2 is 1.49 bits per heavy atom. The van der Waals surface area contributed by atoms with E-state index in [2.05, 4.69) is 10.3 Å². The maximum atomic E-state index is 13.0. The zero-order valence-electron chi connectivity index (χ0n) is 35.1. The van der Waals surface area contributed by atoms with Crippen LogP contribution in [0, 0.1) is 0 Å². The van der Waals surface area contributed by atoms with E-state index >= 15 is 0 Å². The van der Waals surface area contributed by atoms with Gasteiger partial charge in [0.1, 0.15) is 85.3 Å². The van der Waals surface area contributed by atoms with Gasteiger partial charge in [-0.05, 0) is 33.1 Å². The first kappa shape index (κ1) is 55.9. The molecule has 28 heteroatoms. The Morgan fingerprint density at radius 1 is 0.841 bits per heavy atom. The van der Waals surface area contributed by atoms with Gasteiger partial charge in [0, 0.05) is 19.4 Å². The minimum Gasteiger partial charge on any atom is -0.862 e. The number of rotatable bonds is 20. The van der Waals surface area contributed by atoms with E-state index in [9.17, 15) is 76.0 Å². The summed E-state index contributed by atoms with van der Waals surface area (Å²) in [6, 6.07) is -3.06. The number of aliphatic carboxylic acids is 1. The van der Waals surface area contributed by atoms with Crippen molar-refractivity contribution in [3.63, 3.8) is 0 Å². The standard InChI is InChI=1S/C35H60N2O25.Na/c1-5-7-18(44)37-20-29(57-32-25(49)24(48)21(45)12(3)54-32)27(17(11-40)56-31(20)53-6-2)59-61-33-26(50)30(23(47)16(10-39)55-33)60-62-35(34(51)52)8-14(42)19(36-13(4)41)28(58-35)22(46)15(43)9-38;/h12,14-17,19-33,38-40,42-43,45-50H,5-11H2,1-4H3,(H,36,41)(H,37,44)(H,51,52);/q;+1/p-1/t12-,14-,15+,16+,17+,19+,20+,21+,22-,23-,24+,25-,26+,27+,28+,29+,30-,31+,32-,33-,35-;/m0./s1. The van der Waals surface area contributed by atoms with Gasteiger partial charge in [0.25, 0.3) is 0 Å². The predicted octanol–water partition coefficient (Wildman–Crippen LogP) is -10.9. The van der Waals surface area contributed by atoms with Gasteiger partial charge in [-0.25, -0.2) is 19.5 Å². The van der Waals surface area contributed by atoms with Crippen molar-refractivity contribution < 1.29 is 154 Å². The molecule has 0 bridgehead atoms. The van der Waals surface area contributed by atoms with Crippen molar-refractivity contribution in [3.05, 3.63) is 0 Å². The summed E-state index contributed by atoms with van der Waals surface area (Å²) in [5, 5.41) is 140. The van der Waals surface area contributed by atoms with E-state index in [0.29, 0.717) is 6.42 Å². The quantitative estimate of drug-likeness (QED) is 0.0177. The van der Waals surface area contributed by atoms with Crippen LogP contribution in [0.2, 0.25) is 0 Å². The number of hydrogen-bond acceptors (Lipinski definition) is 25. The fraction of sp³-hybridized carbons (Fsp3) is 0.914. The van der Waals surface area contributed by atoms with Crippen LogP contribution in [0.4, 0.5) is 0 Å². The number of carboxylic acids is 1. The Balaban J connectivity index is 0.0000106. The van der Waals surface area contributed by atoms with Crippen molar-refractivity contribution in [1.29, 1.82) is 0 Å². The van der Waals surface area contributed by atoms with E-state index < -0.39 is 172 Å². The number of aliphatic hydroxyl groups is 11. The van der Waals surface area contributed by atoms with Gasteiger partial charge in [0.05, 0.1) is 32.0 Å². The van der Waals surface area contributed by atoms with Gasteiger partial charge in [0.2, 0.25) is 12.2 Å². The fourth-order valence-electron chi connectivity index (χ4n) is 7.20. The second-order valence-electron chi connectivity index (χ2n) is 15.1. The third-order valence-corrected chi connectivity index (χ3v) is 10.5. The number of hydrogen-bond donors (Lipinski definition) is 13. The summed E-state index contributed by atoms with van der Waals surface area (Å²) in [4.78, 5) is 50.7. The maximum absolute atomic E-state index is 13.0. The molecule has 4 aliphatic rings. The van der Waals surface area contributed by atoms with Crippen molar-refractivity contribution in [3.8, 4) is 0 Å². The molecule has 21 atom stereocenters. The number of nitrogens with one attached hydrogen (secondary N) is 1. The van der Waals surface area contributed by atoms with E-state index in [4.69, 9.17) is 48.0 Å². The minimum atomic E-state index is -3.14. The topological polar surface area (TPSA) is 417 Å². The minimum absolute atomic E-state index is 0. The van der Waals surface area contributed by atoms with E-state index in [0.717, 1.165) is 6.92 Å². The van der Waals surface area contributed by atoms with Crippen molar-refractivity contribution >= 4 is 17.8 Å². The van der Waals surface area contributed by atoms with Gasteiger partial charge < -0.3 is 100 Å². The Kier molecular flexibility index (Phi) is 22.3. The monoisotopic (exact) mass is 930 g/mol. The predicted molar refractivity (Wildman–Crippen MR) is 193 cm³/mol. The van der Waals surface area contributed by atoms with Crippen LogP contribution in [0.25, 0.3) is 0 Å². The van der Waals surface area contributed by atoms with Crippen LogP contribution in [0.15, 0.2) is 4.99 Å². The van der Waals surface area contributed by atoms with Gasteiger partial charge in [-0.2, -0.15) is 4.89 Å². The molecule has 360 valence electrons. The summed E-state index contributed by atoms with van der Waals surface area (Å²) >= 11 is 0. The van der Waals surface area contributed by atoms with Crippen LogP contribution in [0.3, 0.4) is 0 Å². The van der Waals surface area contributed by atoms with Gasteiger partial charge in [-0.1, -0.05) is 6.92 Å². The molecule has 0 aromatic carbocycles. The molecule has 0 aliphatic carbocycles. The molecule has 27 nitrogen and oxygen atoms in total. The summed E-state index contributed by atoms with van der Waals surface area (Å²) in [7, 11) is 0. The summed E-state index contributed by atoms with van der Waals surface area (Å²) < 4.78 is 34.3. The van der Waals surface area contributed by atoms with E-state index in [1.54, 1.807) is 13.8 Å². The van der Waals surface area contributed by atoms with Crippen molar-refractivity contribution in [2.75, 3.05) is 26.4 Å². The molecular weight excluding hydrogens is 871 g/mol. The zero-order valence-corrected chi connectivity index (χ0v) is 37.1. The average molecular weight is 931 g/mol. The summed E-state index contributed by atoms with van der Waals surface area (Å²) in [6.07, 6.45) is -33.4. The largest absolute Gasteiger partial charge is 1.00 e. The molecule has 0 radical (unpaired) electrons. The van der Waals surface area contributed by atoms with Crippen LogP contribution in [0.5, 0.6) is 0 Å². The number of ether oxygens (including phenoxy) is 6. The number of nitrogens with zero attached hydrogens (tertiary/aromatic N) is 1.